The van der Waals surface area contributed by atoms with E-state index in [1.807, 2.05) is 61.5 Å². The Morgan fingerprint density at radius 2 is 1.65 bits per heavy atom. The van der Waals surface area contributed by atoms with Gasteiger partial charge in [0.1, 0.15) is 23.9 Å². The number of nitrogens with one attached hydrogen (secondary N) is 2. The van der Waals surface area contributed by atoms with Crippen molar-refractivity contribution in [3.8, 4) is 39.4 Å². The second kappa shape index (κ2) is 9.74. The zero-order valence-electron chi connectivity index (χ0n) is 21.5. The Kier molecular flexibility index (Phi) is 5.78. The molecule has 7 aromatic rings. The highest BCUT2D eigenvalue weighted by atomic mass is 19.1. The van der Waals surface area contributed by atoms with Gasteiger partial charge in [-0.1, -0.05) is 36.4 Å². The van der Waals surface area contributed by atoms with Crippen molar-refractivity contribution in [2.45, 2.75) is 13.5 Å². The van der Waals surface area contributed by atoms with E-state index < -0.39 is 0 Å². The fraction of sp³-hybridized carbons (Fsp3) is 0.0625. The summed E-state index contributed by atoms with van der Waals surface area (Å²) in [5.74, 6) is 0.404. The molecule has 2 N–H and O–H groups in total. The first-order valence-electron chi connectivity index (χ1n) is 12.8. The van der Waals surface area contributed by atoms with Crippen molar-refractivity contribution in [2.75, 3.05) is 0 Å². The minimum absolute atomic E-state index is 0.274. The van der Waals surface area contributed by atoms with Crippen LogP contribution in [0.2, 0.25) is 0 Å². The molecule has 0 aliphatic carbocycles. The minimum Gasteiger partial charge on any atom is -0.487 e. The summed E-state index contributed by atoms with van der Waals surface area (Å²) in [4.78, 5) is 16.8. The largest absolute Gasteiger partial charge is 0.487 e. The summed E-state index contributed by atoms with van der Waals surface area (Å²) in [6.45, 7) is 2.34. The van der Waals surface area contributed by atoms with Gasteiger partial charge in [-0.15, -0.1) is 0 Å². The van der Waals surface area contributed by atoms with Crippen LogP contribution in [0.1, 0.15) is 11.1 Å². The third-order valence-corrected chi connectivity index (χ3v) is 6.87. The minimum atomic E-state index is -0.274. The molecule has 0 bridgehead atoms. The number of benzene rings is 2. The number of halogens is 1. The van der Waals surface area contributed by atoms with Crippen LogP contribution in [0.3, 0.4) is 0 Å². The van der Waals surface area contributed by atoms with Crippen molar-refractivity contribution in [3.63, 3.8) is 0 Å². The molecule has 7 nitrogen and oxygen atoms in total. The molecule has 5 aromatic heterocycles. The second-order valence-electron chi connectivity index (χ2n) is 9.72. The SMILES string of the molecule is Cc1cc(F)cc(-c2cncc3[nH]c(-c4n[nH]c5ncc(-c6cncc(OCc7ccccc7)c6)cc45)cc23)c1. The molecule has 0 atom stereocenters. The van der Waals surface area contributed by atoms with Crippen LogP contribution in [0.5, 0.6) is 5.75 Å². The molecule has 2 aromatic carbocycles. The highest BCUT2D eigenvalue weighted by Crippen LogP contribution is 2.35. The van der Waals surface area contributed by atoms with Gasteiger partial charge in [0.05, 0.1) is 23.6 Å². The Morgan fingerprint density at radius 3 is 2.52 bits per heavy atom. The number of aryl methyl sites for hydroxylation is 1. The molecule has 194 valence electrons. The zero-order chi connectivity index (χ0) is 27.1. The Labute approximate surface area is 228 Å². The molecule has 8 heteroatoms. The van der Waals surface area contributed by atoms with Crippen molar-refractivity contribution >= 4 is 21.9 Å². The fourth-order valence-electron chi connectivity index (χ4n) is 4.96. The summed E-state index contributed by atoms with van der Waals surface area (Å²) >= 11 is 0. The van der Waals surface area contributed by atoms with Gasteiger partial charge in [-0.25, -0.2) is 9.37 Å². The van der Waals surface area contributed by atoms with Gasteiger partial charge < -0.3 is 9.72 Å². The van der Waals surface area contributed by atoms with E-state index in [0.717, 1.165) is 61.1 Å². The van der Waals surface area contributed by atoms with Gasteiger partial charge in [0.15, 0.2) is 5.65 Å². The highest BCUT2D eigenvalue weighted by molar-refractivity contribution is 6.00. The predicted molar refractivity (Wildman–Crippen MR) is 153 cm³/mol. The summed E-state index contributed by atoms with van der Waals surface area (Å²) in [5.41, 5.74) is 8.37. The van der Waals surface area contributed by atoms with Crippen molar-refractivity contribution in [1.29, 1.82) is 0 Å². The van der Waals surface area contributed by atoms with Crippen molar-refractivity contribution < 1.29 is 9.13 Å². The number of fused-ring (bicyclic) bond motifs is 2. The van der Waals surface area contributed by atoms with Gasteiger partial charge in [-0.2, -0.15) is 5.10 Å². The molecule has 0 unspecified atom stereocenters. The lowest BCUT2D eigenvalue weighted by atomic mass is 10.0. The summed E-state index contributed by atoms with van der Waals surface area (Å²) in [7, 11) is 0. The summed E-state index contributed by atoms with van der Waals surface area (Å²) in [5, 5.41) is 9.39. The first kappa shape index (κ1) is 23.7. The molecular weight excluding hydrogens is 503 g/mol. The van der Waals surface area contributed by atoms with Gasteiger partial charge in [-0.3, -0.25) is 15.1 Å². The van der Waals surface area contributed by atoms with Gasteiger partial charge in [0, 0.05) is 46.1 Å². The third-order valence-electron chi connectivity index (χ3n) is 6.87. The van der Waals surface area contributed by atoms with Crippen LogP contribution < -0.4 is 4.74 Å². The van der Waals surface area contributed by atoms with Crippen LogP contribution in [-0.2, 0) is 6.61 Å². The van der Waals surface area contributed by atoms with Crippen molar-refractivity contribution in [3.05, 3.63) is 115 Å². The number of aromatic nitrogens is 6. The average Bonchev–Trinajstić information content (AvgIpc) is 3.60. The van der Waals surface area contributed by atoms with Crippen LogP contribution in [0.25, 0.3) is 55.6 Å². The van der Waals surface area contributed by atoms with E-state index in [2.05, 4.69) is 30.1 Å². The fourth-order valence-corrected chi connectivity index (χ4v) is 4.96. The van der Waals surface area contributed by atoms with E-state index in [1.165, 1.54) is 12.1 Å². The molecule has 0 saturated carbocycles. The number of hydrogen-bond acceptors (Lipinski definition) is 5. The molecule has 0 radical (unpaired) electrons. The molecule has 0 amide bonds. The monoisotopic (exact) mass is 526 g/mol. The van der Waals surface area contributed by atoms with E-state index in [-0.39, 0.29) is 5.82 Å². The maximum absolute atomic E-state index is 14.2. The normalized spacial score (nSPS) is 11.3. The zero-order valence-corrected chi connectivity index (χ0v) is 21.5. The standard InChI is InChI=1S/C32H23FN6O/c1-19-7-21(9-24(33)8-19)28-16-35-17-30-26(28)12-29(37-30)31-27-11-23(14-36-32(27)39-38-31)22-10-25(15-34-13-22)40-18-20-5-3-2-4-6-20/h2-17,37H,18H2,1H3,(H,36,38,39). The molecule has 0 aliphatic rings. The number of hydrogen-bond donors (Lipinski definition) is 2. The highest BCUT2D eigenvalue weighted by Gasteiger charge is 2.16. The number of ether oxygens (including phenoxy) is 1. The summed E-state index contributed by atoms with van der Waals surface area (Å²) in [6, 6.07) is 21.0. The van der Waals surface area contributed by atoms with E-state index >= 15 is 0 Å². The van der Waals surface area contributed by atoms with E-state index in [4.69, 9.17) is 4.74 Å². The number of H-pyrrole nitrogens is 2. The van der Waals surface area contributed by atoms with Gasteiger partial charge in [0.2, 0.25) is 0 Å². The lowest BCUT2D eigenvalue weighted by molar-refractivity contribution is 0.305. The topological polar surface area (TPSA) is 92.4 Å². The Morgan fingerprint density at radius 1 is 0.800 bits per heavy atom. The maximum Gasteiger partial charge on any atom is 0.155 e. The number of nitrogens with zero attached hydrogens (tertiary/aromatic N) is 4. The van der Waals surface area contributed by atoms with Crippen molar-refractivity contribution in [2.24, 2.45) is 0 Å². The molecule has 7 rings (SSSR count). The number of pyridine rings is 3. The smallest absolute Gasteiger partial charge is 0.155 e. The van der Waals surface area contributed by atoms with Gasteiger partial charge >= 0.3 is 0 Å². The summed E-state index contributed by atoms with van der Waals surface area (Å²) < 4.78 is 20.2. The Bertz CT molecular complexity index is 1980. The second-order valence-corrected chi connectivity index (χ2v) is 9.72. The van der Waals surface area contributed by atoms with Crippen molar-refractivity contribution in [1.82, 2.24) is 30.1 Å². The van der Waals surface area contributed by atoms with Gasteiger partial charge in [-0.05, 0) is 53.9 Å². The molecule has 0 fully saturated rings. The lowest BCUT2D eigenvalue weighted by Gasteiger charge is -2.08. The predicted octanol–water partition coefficient (Wildman–Crippen LogP) is 7.26. The van der Waals surface area contributed by atoms with Gasteiger partial charge in [0.25, 0.3) is 0 Å². The number of aromatic amines is 2. The molecule has 5 heterocycles. The molecule has 0 aliphatic heterocycles. The summed E-state index contributed by atoms with van der Waals surface area (Å²) in [6.07, 6.45) is 8.81. The Balaban J connectivity index is 1.25. The maximum atomic E-state index is 14.2. The quantitative estimate of drug-likeness (QED) is 0.238. The Hall–Kier alpha value is -5.37. The average molecular weight is 527 g/mol. The van der Waals surface area contributed by atoms with Crippen LogP contribution in [0.4, 0.5) is 4.39 Å². The first-order chi connectivity index (χ1) is 19.6. The third kappa shape index (κ3) is 4.45. The van der Waals surface area contributed by atoms with E-state index in [9.17, 15) is 4.39 Å². The van der Waals surface area contributed by atoms with Crippen LogP contribution in [0.15, 0.2) is 97.7 Å². The lowest BCUT2D eigenvalue weighted by Crippen LogP contribution is -1.96. The van der Waals surface area contributed by atoms with Crippen LogP contribution >= 0.6 is 0 Å². The first-order valence-corrected chi connectivity index (χ1v) is 12.8. The molecule has 0 spiro atoms. The molecule has 0 saturated heterocycles. The van der Waals surface area contributed by atoms with E-state index in [0.29, 0.717) is 18.0 Å². The molecule has 40 heavy (non-hydrogen) atoms. The van der Waals surface area contributed by atoms with E-state index in [1.54, 1.807) is 31.0 Å². The number of rotatable bonds is 6. The van der Waals surface area contributed by atoms with Crippen LogP contribution in [0, 0.1) is 12.7 Å². The molecular formula is C32H23FN6O. The van der Waals surface area contributed by atoms with Crippen LogP contribution in [-0.4, -0.2) is 30.1 Å².